The molecule has 0 amide bonds. The lowest BCUT2D eigenvalue weighted by Gasteiger charge is -2.24. The van der Waals surface area contributed by atoms with Crippen molar-refractivity contribution in [3.05, 3.63) is 0 Å². The monoisotopic (exact) mass is 241 g/mol. The first-order valence-corrected chi connectivity index (χ1v) is 7.33. The van der Waals surface area contributed by atoms with Crippen LogP contribution in [-0.4, -0.2) is 49.0 Å². The summed E-state index contributed by atoms with van der Waals surface area (Å²) in [6.45, 7) is 4.68. The molecule has 0 radical (unpaired) electrons. The van der Waals surface area contributed by atoms with Crippen molar-refractivity contribution in [3.63, 3.8) is 0 Å². The first-order chi connectivity index (χ1) is 8.40. The zero-order valence-electron chi connectivity index (χ0n) is 10.9. The van der Waals surface area contributed by atoms with Gasteiger partial charge in [0.1, 0.15) is 0 Å². The molecule has 17 heavy (non-hydrogen) atoms. The SMILES string of the molecule is OC[C@H]1CCCN1CCCCC1CCOCC1. The average Bonchev–Trinajstić information content (AvgIpc) is 2.83. The van der Waals surface area contributed by atoms with Gasteiger partial charge in [0.15, 0.2) is 0 Å². The third kappa shape index (κ3) is 4.23. The number of likely N-dealkylation sites (tertiary alicyclic amines) is 1. The van der Waals surface area contributed by atoms with Crippen molar-refractivity contribution in [2.45, 2.75) is 51.0 Å². The molecule has 0 bridgehead atoms. The molecule has 0 unspecified atom stereocenters. The fraction of sp³-hybridized carbons (Fsp3) is 1.00. The molecule has 2 heterocycles. The van der Waals surface area contributed by atoms with Gasteiger partial charge < -0.3 is 9.84 Å². The molecule has 2 rings (SSSR count). The Kier molecular flexibility index (Phi) is 5.75. The minimum Gasteiger partial charge on any atom is -0.395 e. The van der Waals surface area contributed by atoms with Crippen LogP contribution in [0.4, 0.5) is 0 Å². The van der Waals surface area contributed by atoms with Gasteiger partial charge in [-0.2, -0.15) is 0 Å². The van der Waals surface area contributed by atoms with E-state index in [9.17, 15) is 5.11 Å². The van der Waals surface area contributed by atoms with Crippen LogP contribution in [0.1, 0.15) is 44.9 Å². The summed E-state index contributed by atoms with van der Waals surface area (Å²) in [6, 6.07) is 0.457. The van der Waals surface area contributed by atoms with E-state index in [-0.39, 0.29) is 0 Å². The maximum absolute atomic E-state index is 9.24. The summed E-state index contributed by atoms with van der Waals surface area (Å²) in [5, 5.41) is 9.24. The molecule has 2 fully saturated rings. The Hall–Kier alpha value is -0.120. The van der Waals surface area contributed by atoms with Gasteiger partial charge in [-0.1, -0.05) is 12.8 Å². The summed E-state index contributed by atoms with van der Waals surface area (Å²) in [6.07, 6.45) is 9.02. The van der Waals surface area contributed by atoms with Crippen molar-refractivity contribution < 1.29 is 9.84 Å². The lowest BCUT2D eigenvalue weighted by molar-refractivity contribution is 0.0627. The number of hydrogen-bond acceptors (Lipinski definition) is 3. The fourth-order valence-electron chi connectivity index (χ4n) is 3.18. The molecule has 3 heteroatoms. The van der Waals surface area contributed by atoms with E-state index in [1.165, 1.54) is 58.0 Å². The Morgan fingerprint density at radius 3 is 2.71 bits per heavy atom. The van der Waals surface area contributed by atoms with Crippen molar-refractivity contribution in [2.75, 3.05) is 32.9 Å². The van der Waals surface area contributed by atoms with Crippen LogP contribution < -0.4 is 0 Å². The van der Waals surface area contributed by atoms with Gasteiger partial charge in [0.25, 0.3) is 0 Å². The Morgan fingerprint density at radius 2 is 1.94 bits per heavy atom. The molecular weight excluding hydrogens is 214 g/mol. The van der Waals surface area contributed by atoms with Crippen molar-refractivity contribution in [1.82, 2.24) is 4.90 Å². The van der Waals surface area contributed by atoms with Gasteiger partial charge >= 0.3 is 0 Å². The number of ether oxygens (including phenoxy) is 1. The van der Waals surface area contributed by atoms with Crippen LogP contribution in [0.15, 0.2) is 0 Å². The van der Waals surface area contributed by atoms with E-state index in [0.29, 0.717) is 12.6 Å². The van der Waals surface area contributed by atoms with Crippen LogP contribution in [-0.2, 0) is 4.74 Å². The highest BCUT2D eigenvalue weighted by atomic mass is 16.5. The number of aliphatic hydroxyl groups excluding tert-OH is 1. The van der Waals surface area contributed by atoms with Crippen molar-refractivity contribution in [3.8, 4) is 0 Å². The van der Waals surface area contributed by atoms with E-state index < -0.39 is 0 Å². The van der Waals surface area contributed by atoms with Gasteiger partial charge in [-0.05, 0) is 51.1 Å². The zero-order chi connectivity index (χ0) is 11.9. The molecule has 1 atom stereocenters. The summed E-state index contributed by atoms with van der Waals surface area (Å²) in [4.78, 5) is 2.48. The highest BCUT2D eigenvalue weighted by molar-refractivity contribution is 4.78. The van der Waals surface area contributed by atoms with Crippen LogP contribution >= 0.6 is 0 Å². The molecule has 0 spiro atoms. The molecule has 2 aliphatic rings. The number of aliphatic hydroxyl groups is 1. The molecule has 2 aliphatic heterocycles. The molecule has 2 saturated heterocycles. The van der Waals surface area contributed by atoms with Crippen LogP contribution in [0, 0.1) is 5.92 Å². The van der Waals surface area contributed by atoms with Gasteiger partial charge in [0.05, 0.1) is 6.61 Å². The summed E-state index contributed by atoms with van der Waals surface area (Å²) >= 11 is 0. The van der Waals surface area contributed by atoms with E-state index in [1.807, 2.05) is 0 Å². The standard InChI is InChI=1S/C14H27NO2/c16-12-14-5-3-9-15(14)8-2-1-4-13-6-10-17-11-7-13/h13-14,16H,1-12H2/t14-/m1/s1. The minimum atomic E-state index is 0.347. The third-order valence-electron chi connectivity index (χ3n) is 4.36. The van der Waals surface area contributed by atoms with Crippen LogP contribution in [0.2, 0.25) is 0 Å². The van der Waals surface area contributed by atoms with Gasteiger partial charge in [-0.15, -0.1) is 0 Å². The largest absolute Gasteiger partial charge is 0.395 e. The number of nitrogens with zero attached hydrogens (tertiary/aromatic N) is 1. The summed E-state index contributed by atoms with van der Waals surface area (Å²) in [7, 11) is 0. The van der Waals surface area contributed by atoms with Gasteiger partial charge in [-0.25, -0.2) is 0 Å². The number of unbranched alkanes of at least 4 members (excludes halogenated alkanes) is 1. The van der Waals surface area contributed by atoms with E-state index in [2.05, 4.69) is 4.90 Å². The molecule has 0 aromatic rings. The molecule has 0 aliphatic carbocycles. The molecule has 1 N–H and O–H groups in total. The van der Waals surface area contributed by atoms with Gasteiger partial charge in [0.2, 0.25) is 0 Å². The van der Waals surface area contributed by atoms with Gasteiger partial charge in [-0.3, -0.25) is 4.90 Å². The Balaban J connectivity index is 1.53. The first-order valence-electron chi connectivity index (χ1n) is 7.33. The molecular formula is C14H27NO2. The summed E-state index contributed by atoms with van der Waals surface area (Å²) < 4.78 is 5.38. The topological polar surface area (TPSA) is 32.7 Å². The number of hydrogen-bond donors (Lipinski definition) is 1. The fourth-order valence-corrected chi connectivity index (χ4v) is 3.18. The Morgan fingerprint density at radius 1 is 1.12 bits per heavy atom. The minimum absolute atomic E-state index is 0.347. The average molecular weight is 241 g/mol. The molecule has 3 nitrogen and oxygen atoms in total. The number of rotatable bonds is 6. The maximum atomic E-state index is 9.24. The predicted octanol–water partition coefficient (Wildman–Crippen LogP) is 2.04. The third-order valence-corrected chi connectivity index (χ3v) is 4.36. The Bertz CT molecular complexity index is 204. The van der Waals surface area contributed by atoms with Crippen molar-refractivity contribution in [1.29, 1.82) is 0 Å². The van der Waals surface area contributed by atoms with E-state index in [1.54, 1.807) is 0 Å². The smallest absolute Gasteiger partial charge is 0.0586 e. The summed E-state index contributed by atoms with van der Waals surface area (Å²) in [5.41, 5.74) is 0. The highest BCUT2D eigenvalue weighted by Crippen LogP contribution is 2.22. The van der Waals surface area contributed by atoms with E-state index in [0.717, 1.165) is 19.1 Å². The maximum Gasteiger partial charge on any atom is 0.0586 e. The second kappa shape index (κ2) is 7.34. The molecule has 0 aromatic heterocycles. The first kappa shape index (κ1) is 13.3. The lowest BCUT2D eigenvalue weighted by atomic mass is 9.94. The van der Waals surface area contributed by atoms with E-state index >= 15 is 0 Å². The molecule has 0 aromatic carbocycles. The Labute approximate surface area is 105 Å². The normalized spacial score (nSPS) is 27.7. The van der Waals surface area contributed by atoms with Crippen molar-refractivity contribution >= 4 is 0 Å². The quantitative estimate of drug-likeness (QED) is 0.722. The lowest BCUT2D eigenvalue weighted by Crippen LogP contribution is -2.33. The van der Waals surface area contributed by atoms with E-state index in [4.69, 9.17) is 4.74 Å². The second-order valence-corrected chi connectivity index (χ2v) is 5.57. The van der Waals surface area contributed by atoms with Crippen LogP contribution in [0.5, 0.6) is 0 Å². The summed E-state index contributed by atoms with van der Waals surface area (Å²) in [5.74, 6) is 0.913. The van der Waals surface area contributed by atoms with Gasteiger partial charge in [0, 0.05) is 19.3 Å². The van der Waals surface area contributed by atoms with Crippen molar-refractivity contribution in [2.24, 2.45) is 5.92 Å². The van der Waals surface area contributed by atoms with Crippen LogP contribution in [0.3, 0.4) is 0 Å². The predicted molar refractivity (Wildman–Crippen MR) is 69.1 cm³/mol. The molecule has 0 saturated carbocycles. The zero-order valence-corrected chi connectivity index (χ0v) is 10.9. The highest BCUT2D eigenvalue weighted by Gasteiger charge is 2.22. The van der Waals surface area contributed by atoms with Crippen LogP contribution in [0.25, 0.3) is 0 Å². The molecule has 100 valence electrons. The second-order valence-electron chi connectivity index (χ2n) is 5.57.